The van der Waals surface area contributed by atoms with Crippen LogP contribution in [-0.2, 0) is 0 Å². The molecule has 0 unspecified atom stereocenters. The lowest BCUT2D eigenvalue weighted by Crippen LogP contribution is -2.28. The summed E-state index contributed by atoms with van der Waals surface area (Å²) in [5, 5.41) is 13.5. The summed E-state index contributed by atoms with van der Waals surface area (Å²) in [4.78, 5) is 0. The van der Waals surface area contributed by atoms with Crippen LogP contribution in [0, 0.1) is 0 Å². The third-order valence-corrected chi connectivity index (χ3v) is 10.4. The monoisotopic (exact) mass is 496 g/mol. The van der Waals surface area contributed by atoms with E-state index >= 15 is 0 Å². The van der Waals surface area contributed by atoms with Crippen LogP contribution in [0.4, 0.5) is 0 Å². The zero-order valence-electron chi connectivity index (χ0n) is 20.9. The molecule has 180 valence electrons. The Bertz CT molecular complexity index is 1400. The molecule has 0 spiro atoms. The van der Waals surface area contributed by atoms with Crippen LogP contribution < -0.4 is 15.9 Å². The molecule has 0 radical (unpaired) electrons. The molecular weight excluding hydrogens is 467 g/mol. The predicted octanol–water partition coefficient (Wildman–Crippen LogP) is 6.70. The minimum absolute atomic E-state index is 0.858. The Labute approximate surface area is 219 Å². The predicted molar refractivity (Wildman–Crippen MR) is 163 cm³/mol. The number of hydrogen-bond acceptors (Lipinski definition) is 2. The Kier molecular flexibility index (Phi) is 7.69. The molecule has 0 bridgehead atoms. The molecule has 5 aromatic rings. The molecular formula is C34H29N2P. The van der Waals surface area contributed by atoms with Gasteiger partial charge in [-0.05, 0) is 35.5 Å². The molecule has 0 aliphatic rings. The SMILES string of the molecule is C/C(C=P(c1ccccc1)(c1ccccc1)c1ccccc1)=N\N=C(c1ccccc1)c1ccccc1. The van der Waals surface area contributed by atoms with Crippen molar-refractivity contribution in [3.8, 4) is 0 Å². The van der Waals surface area contributed by atoms with Crippen molar-refractivity contribution >= 4 is 40.0 Å². The van der Waals surface area contributed by atoms with E-state index in [0.717, 1.165) is 22.6 Å². The normalized spacial score (nSPS) is 11.5. The average molecular weight is 497 g/mol. The number of benzene rings is 5. The lowest BCUT2D eigenvalue weighted by atomic mass is 10.0. The summed E-state index contributed by atoms with van der Waals surface area (Å²) in [5.74, 6) is 2.35. The standard InChI is InChI=1S/C34H29N2P/c1-28(35-36-34(29-17-7-2-8-18-29)30-19-9-3-10-20-30)27-37(31-21-11-4-12-22-31,32-23-13-5-14-24-32)33-25-15-6-16-26-33/h2-27H,1H3/b35-28+. The quantitative estimate of drug-likeness (QED) is 0.136. The Hall–Kier alpha value is -4.26. The molecule has 0 aliphatic carbocycles. The largest absolute Gasteiger partial charge is 0.155 e. The van der Waals surface area contributed by atoms with Crippen molar-refractivity contribution in [1.29, 1.82) is 0 Å². The van der Waals surface area contributed by atoms with E-state index in [0.29, 0.717) is 0 Å². The number of nitrogens with zero attached hydrogens (tertiary/aromatic N) is 2. The Morgan fingerprint density at radius 3 is 1.14 bits per heavy atom. The highest BCUT2D eigenvalue weighted by atomic mass is 31.2. The summed E-state index contributed by atoms with van der Waals surface area (Å²) < 4.78 is 0. The maximum atomic E-state index is 4.82. The van der Waals surface area contributed by atoms with Crippen molar-refractivity contribution in [2.24, 2.45) is 10.2 Å². The van der Waals surface area contributed by atoms with Crippen molar-refractivity contribution < 1.29 is 0 Å². The van der Waals surface area contributed by atoms with Gasteiger partial charge in [0.2, 0.25) is 0 Å². The van der Waals surface area contributed by atoms with E-state index < -0.39 is 6.89 Å². The van der Waals surface area contributed by atoms with Crippen molar-refractivity contribution in [1.82, 2.24) is 0 Å². The molecule has 2 nitrogen and oxygen atoms in total. The fraction of sp³-hybridized carbons (Fsp3) is 0.0294. The van der Waals surface area contributed by atoms with Crippen LogP contribution in [-0.4, -0.2) is 17.2 Å². The van der Waals surface area contributed by atoms with Crippen molar-refractivity contribution in [2.45, 2.75) is 6.92 Å². The van der Waals surface area contributed by atoms with Crippen molar-refractivity contribution in [3.05, 3.63) is 163 Å². The summed E-state index contributed by atoms with van der Waals surface area (Å²) in [5.41, 5.74) is 3.83. The summed E-state index contributed by atoms with van der Waals surface area (Å²) in [6.07, 6.45) is 0. The third kappa shape index (κ3) is 5.45. The molecule has 0 heterocycles. The highest BCUT2D eigenvalue weighted by Gasteiger charge is 2.25. The van der Waals surface area contributed by atoms with E-state index in [9.17, 15) is 0 Å². The first-order valence-electron chi connectivity index (χ1n) is 12.4. The van der Waals surface area contributed by atoms with Gasteiger partial charge >= 0.3 is 0 Å². The second kappa shape index (κ2) is 11.6. The van der Waals surface area contributed by atoms with Crippen LogP contribution in [0.2, 0.25) is 0 Å². The fourth-order valence-electron chi connectivity index (χ4n) is 4.57. The van der Waals surface area contributed by atoms with Gasteiger partial charge in [-0.1, -0.05) is 152 Å². The zero-order valence-corrected chi connectivity index (χ0v) is 21.7. The molecule has 3 heteroatoms. The molecule has 0 saturated heterocycles. The Morgan fingerprint density at radius 1 is 0.459 bits per heavy atom. The molecule has 37 heavy (non-hydrogen) atoms. The lowest BCUT2D eigenvalue weighted by molar-refractivity contribution is 1.23. The number of hydrogen-bond donors (Lipinski definition) is 0. The average Bonchev–Trinajstić information content (AvgIpc) is 2.98. The van der Waals surface area contributed by atoms with Gasteiger partial charge in [-0.25, -0.2) is 0 Å². The second-order valence-corrected chi connectivity index (χ2v) is 12.0. The highest BCUT2D eigenvalue weighted by Crippen LogP contribution is 2.43. The first kappa shape index (κ1) is 24.4. The van der Waals surface area contributed by atoms with Crippen LogP contribution in [0.3, 0.4) is 0 Å². The topological polar surface area (TPSA) is 24.7 Å². The van der Waals surface area contributed by atoms with Gasteiger partial charge in [-0.15, -0.1) is 5.10 Å². The van der Waals surface area contributed by atoms with E-state index in [2.05, 4.69) is 128 Å². The van der Waals surface area contributed by atoms with Gasteiger partial charge in [0.05, 0.1) is 5.71 Å². The van der Waals surface area contributed by atoms with Crippen molar-refractivity contribution in [2.75, 3.05) is 0 Å². The highest BCUT2D eigenvalue weighted by molar-refractivity contribution is 7.95. The van der Waals surface area contributed by atoms with Crippen LogP contribution in [0.15, 0.2) is 162 Å². The van der Waals surface area contributed by atoms with Gasteiger partial charge in [-0.3, -0.25) is 0 Å². The molecule has 0 fully saturated rings. The van der Waals surface area contributed by atoms with Gasteiger partial charge in [0.15, 0.2) is 0 Å². The first-order chi connectivity index (χ1) is 18.3. The maximum absolute atomic E-state index is 4.82. The second-order valence-electron chi connectivity index (χ2n) is 8.78. The van der Waals surface area contributed by atoms with E-state index in [1.54, 1.807) is 0 Å². The Balaban J connectivity index is 1.74. The summed E-state index contributed by atoms with van der Waals surface area (Å²) in [7, 11) is 0. The van der Waals surface area contributed by atoms with Crippen LogP contribution >= 0.6 is 6.89 Å². The Morgan fingerprint density at radius 2 is 0.784 bits per heavy atom. The van der Waals surface area contributed by atoms with Gasteiger partial charge in [0, 0.05) is 11.1 Å². The molecule has 0 amide bonds. The lowest BCUT2D eigenvalue weighted by Gasteiger charge is -2.28. The summed E-state index contributed by atoms with van der Waals surface area (Å²) in [6, 6.07) is 52.9. The zero-order chi connectivity index (χ0) is 25.3. The summed E-state index contributed by atoms with van der Waals surface area (Å²) in [6.45, 7) is -0.0821. The van der Waals surface area contributed by atoms with Gasteiger partial charge in [0.1, 0.15) is 5.71 Å². The van der Waals surface area contributed by atoms with Crippen molar-refractivity contribution in [3.63, 3.8) is 0 Å². The van der Waals surface area contributed by atoms with E-state index in [-0.39, 0.29) is 0 Å². The maximum Gasteiger partial charge on any atom is 0.100 e. The summed E-state index contributed by atoms with van der Waals surface area (Å²) >= 11 is 0. The van der Waals surface area contributed by atoms with Crippen LogP contribution in [0.5, 0.6) is 0 Å². The van der Waals surface area contributed by atoms with E-state index in [4.69, 9.17) is 10.2 Å². The van der Waals surface area contributed by atoms with Gasteiger partial charge in [0.25, 0.3) is 0 Å². The van der Waals surface area contributed by atoms with Gasteiger partial charge < -0.3 is 0 Å². The molecule has 0 atom stereocenters. The molecule has 0 aromatic heterocycles. The van der Waals surface area contributed by atoms with E-state index in [1.165, 1.54) is 15.9 Å². The molecule has 0 saturated carbocycles. The van der Waals surface area contributed by atoms with Crippen LogP contribution in [0.25, 0.3) is 0 Å². The van der Waals surface area contributed by atoms with E-state index in [1.807, 2.05) is 36.4 Å². The minimum atomic E-state index is -2.14. The molecule has 5 aromatic carbocycles. The smallest absolute Gasteiger partial charge is 0.100 e. The molecule has 0 aliphatic heterocycles. The number of rotatable bonds is 7. The third-order valence-electron chi connectivity index (χ3n) is 6.27. The minimum Gasteiger partial charge on any atom is -0.155 e. The first-order valence-corrected chi connectivity index (χ1v) is 14.3. The van der Waals surface area contributed by atoms with Crippen LogP contribution in [0.1, 0.15) is 18.1 Å². The fourth-order valence-corrected chi connectivity index (χ4v) is 8.45. The molecule has 0 N–H and O–H groups in total. The van der Waals surface area contributed by atoms with Gasteiger partial charge in [-0.2, -0.15) is 5.10 Å². The molecule has 5 rings (SSSR count).